The van der Waals surface area contributed by atoms with Gasteiger partial charge in [0.25, 0.3) is 0 Å². The highest BCUT2D eigenvalue weighted by molar-refractivity contribution is 5.72. The largest absolute Gasteiger partial charge is 0.281 e. The Morgan fingerprint density at radius 2 is 1.14 bits per heavy atom. The molecule has 0 fully saturated rings. The minimum absolute atomic E-state index is 0. The summed E-state index contributed by atoms with van der Waals surface area (Å²) in [5.41, 5.74) is 5.94. The highest BCUT2D eigenvalue weighted by Crippen LogP contribution is 2.20. The second-order valence-corrected chi connectivity index (χ2v) is 6.88. The number of amides is 2. The number of benzene rings is 2. The van der Waals surface area contributed by atoms with Crippen molar-refractivity contribution >= 4 is 24.2 Å². The molecule has 0 bridgehead atoms. The summed E-state index contributed by atoms with van der Waals surface area (Å²) in [5, 5.41) is 20.0. The first kappa shape index (κ1) is 32.4. The third-order valence-corrected chi connectivity index (χ3v) is 4.76. The van der Waals surface area contributed by atoms with Gasteiger partial charge in [0, 0.05) is 15.7 Å². The van der Waals surface area contributed by atoms with Crippen LogP contribution in [0, 0.1) is 13.8 Å². The second-order valence-electron chi connectivity index (χ2n) is 6.88. The Morgan fingerprint density at radius 3 is 1.61 bits per heavy atom. The average molecular weight is 501 g/mol. The molecule has 2 N–H and O–H groups in total. The summed E-state index contributed by atoms with van der Waals surface area (Å²) in [5.74, 6) is 0. The van der Waals surface area contributed by atoms with E-state index in [0.29, 0.717) is 47.2 Å². The van der Waals surface area contributed by atoms with E-state index in [0.717, 1.165) is 33.9 Å². The Bertz CT molecular complexity index is 1070. The van der Waals surface area contributed by atoms with Crippen LogP contribution in [0.15, 0.2) is 48.5 Å². The van der Waals surface area contributed by atoms with Crippen molar-refractivity contribution in [2.45, 2.75) is 68.2 Å². The van der Waals surface area contributed by atoms with Gasteiger partial charge in [-0.2, -0.15) is 10.1 Å². The molecule has 3 aromatic rings. The third-order valence-electron chi connectivity index (χ3n) is 4.76. The number of carbonyl (C=O) groups is 2. The van der Waals surface area contributed by atoms with E-state index < -0.39 is 0 Å². The maximum atomic E-state index is 10.8. The van der Waals surface area contributed by atoms with E-state index in [9.17, 15) is 20.0 Å². The molecule has 0 aliphatic heterocycles. The number of carbonyl (C=O) groups excluding carboxylic acids is 2. The van der Waals surface area contributed by atoms with Gasteiger partial charge in [0.05, 0.1) is 34.2 Å². The molecule has 0 saturated heterocycles. The summed E-state index contributed by atoms with van der Waals surface area (Å²) in [6, 6.07) is 14.0. The fraction of sp³-hybridized carbons (Fsp3) is 0.357. The number of hydrogen-bond acceptors (Lipinski definition) is 6. The van der Waals surface area contributed by atoms with Crippen LogP contribution in [0.5, 0.6) is 0 Å². The SMILES string of the molecule is CC.CC.CC.Cc1nc(Cc2cccc(N(O)C=O)c2)c(C)nc1Cc1ccc(N(O)C=O)cc1.[HH].[HH]. The molecule has 0 aliphatic rings. The normalized spacial score (nSPS) is 9.28. The minimum atomic E-state index is 0. The van der Waals surface area contributed by atoms with Gasteiger partial charge in [-0.15, -0.1) is 0 Å². The molecule has 0 atom stereocenters. The lowest BCUT2D eigenvalue weighted by molar-refractivity contribution is -0.112. The average Bonchev–Trinajstić information content (AvgIpc) is 2.94. The van der Waals surface area contributed by atoms with Gasteiger partial charge in [0.15, 0.2) is 0 Å². The number of aromatic nitrogens is 2. The van der Waals surface area contributed by atoms with Crippen LogP contribution >= 0.6 is 0 Å². The Balaban J connectivity index is -0.00000143. The monoisotopic (exact) mass is 500 g/mol. The number of nitrogens with zero attached hydrogens (tertiary/aromatic N) is 4. The van der Waals surface area contributed by atoms with Crippen LogP contribution in [0.2, 0.25) is 0 Å². The van der Waals surface area contributed by atoms with E-state index in [2.05, 4.69) is 0 Å². The van der Waals surface area contributed by atoms with Crippen molar-refractivity contribution in [2.75, 3.05) is 10.1 Å². The van der Waals surface area contributed by atoms with Crippen molar-refractivity contribution in [1.29, 1.82) is 0 Å². The van der Waals surface area contributed by atoms with Gasteiger partial charge < -0.3 is 0 Å². The number of aryl methyl sites for hydroxylation is 2. The van der Waals surface area contributed by atoms with Crippen molar-refractivity contribution in [2.24, 2.45) is 0 Å². The van der Waals surface area contributed by atoms with Crippen molar-refractivity contribution in [3.63, 3.8) is 0 Å². The number of anilines is 2. The van der Waals surface area contributed by atoms with Crippen LogP contribution in [-0.2, 0) is 22.4 Å². The molecule has 0 aliphatic carbocycles. The molecular weight excluding hydrogens is 456 g/mol. The summed E-state index contributed by atoms with van der Waals surface area (Å²) >= 11 is 0. The Kier molecular flexibility index (Phi) is 16.0. The van der Waals surface area contributed by atoms with E-state index >= 15 is 0 Å². The highest BCUT2D eigenvalue weighted by atomic mass is 16.5. The van der Waals surface area contributed by atoms with Gasteiger partial charge >= 0.3 is 0 Å². The fourth-order valence-corrected chi connectivity index (χ4v) is 3.11. The zero-order valence-corrected chi connectivity index (χ0v) is 22.7. The lowest BCUT2D eigenvalue weighted by Gasteiger charge is -2.13. The van der Waals surface area contributed by atoms with E-state index in [1.165, 1.54) is 0 Å². The molecule has 36 heavy (non-hydrogen) atoms. The van der Waals surface area contributed by atoms with E-state index in [1.54, 1.807) is 30.3 Å². The summed E-state index contributed by atoms with van der Waals surface area (Å²) < 4.78 is 0. The number of hydroxylamine groups is 2. The van der Waals surface area contributed by atoms with E-state index in [1.807, 2.05) is 73.6 Å². The van der Waals surface area contributed by atoms with Gasteiger partial charge in [0.2, 0.25) is 12.8 Å². The molecule has 200 valence electrons. The van der Waals surface area contributed by atoms with Crippen LogP contribution in [0.3, 0.4) is 0 Å². The van der Waals surface area contributed by atoms with Crippen LogP contribution in [0.25, 0.3) is 0 Å². The van der Waals surface area contributed by atoms with Crippen molar-refractivity contribution < 1.29 is 22.9 Å². The molecule has 0 unspecified atom stereocenters. The maximum absolute atomic E-state index is 10.8. The number of rotatable bonds is 8. The summed E-state index contributed by atoms with van der Waals surface area (Å²) in [6.07, 6.45) is 1.76. The lowest BCUT2D eigenvalue weighted by Crippen LogP contribution is -2.15. The first-order valence-corrected chi connectivity index (χ1v) is 12.3. The van der Waals surface area contributed by atoms with Crippen LogP contribution < -0.4 is 10.1 Å². The zero-order valence-electron chi connectivity index (χ0n) is 22.7. The Morgan fingerprint density at radius 1 is 0.694 bits per heavy atom. The molecule has 2 amide bonds. The molecule has 0 saturated carbocycles. The topological polar surface area (TPSA) is 107 Å². The quantitative estimate of drug-likeness (QED) is 0.206. The summed E-state index contributed by atoms with van der Waals surface area (Å²) in [6.45, 7) is 15.8. The standard InChI is InChI=1S/C22H22N4O4.3C2H6.2H2/c1-15-21(11-17-6-8-19(9-7-17)25(29)13-27)23-16(2)22(24-15)12-18-4-3-5-20(10-18)26(30)14-28;3*1-2;;/h3-10,13-14,29-30H,11-12H2,1-2H3;3*1-2H3;2*1H. The van der Waals surface area contributed by atoms with Crippen molar-refractivity contribution in [1.82, 2.24) is 9.97 Å². The molecule has 2 aromatic carbocycles. The molecule has 3 rings (SSSR count). The zero-order chi connectivity index (χ0) is 27.7. The number of hydrogen-bond donors (Lipinski definition) is 2. The van der Waals surface area contributed by atoms with Gasteiger partial charge in [0.1, 0.15) is 0 Å². The molecule has 1 heterocycles. The summed E-state index contributed by atoms with van der Waals surface area (Å²) in [4.78, 5) is 30.8. The third kappa shape index (κ3) is 9.56. The Labute approximate surface area is 218 Å². The van der Waals surface area contributed by atoms with Crippen molar-refractivity contribution in [3.05, 3.63) is 82.4 Å². The smallest absolute Gasteiger partial charge is 0.237 e. The fourth-order valence-electron chi connectivity index (χ4n) is 3.11. The maximum Gasteiger partial charge on any atom is 0.237 e. The van der Waals surface area contributed by atoms with E-state index in [4.69, 9.17) is 9.97 Å². The predicted octanol–water partition coefficient (Wildman–Crippen LogP) is 6.55. The van der Waals surface area contributed by atoms with Crippen LogP contribution in [-0.4, -0.2) is 33.2 Å². The first-order chi connectivity index (χ1) is 17.4. The highest BCUT2D eigenvalue weighted by Gasteiger charge is 2.11. The predicted molar refractivity (Wildman–Crippen MR) is 149 cm³/mol. The lowest BCUT2D eigenvalue weighted by atomic mass is 10.0. The molecular formula is C28H44N4O4. The first-order valence-electron chi connectivity index (χ1n) is 12.3. The summed E-state index contributed by atoms with van der Waals surface area (Å²) in [7, 11) is 0. The molecule has 0 spiro atoms. The van der Waals surface area contributed by atoms with E-state index in [-0.39, 0.29) is 2.85 Å². The van der Waals surface area contributed by atoms with Gasteiger partial charge in [-0.1, -0.05) is 65.8 Å². The van der Waals surface area contributed by atoms with Gasteiger partial charge in [-0.05, 0) is 49.2 Å². The van der Waals surface area contributed by atoms with Gasteiger partial charge in [-0.3, -0.25) is 30.0 Å². The van der Waals surface area contributed by atoms with Crippen LogP contribution in [0.1, 0.15) is 78.3 Å². The molecule has 0 radical (unpaired) electrons. The molecule has 8 heteroatoms. The Hall–Kier alpha value is -3.62. The van der Waals surface area contributed by atoms with Crippen LogP contribution in [0.4, 0.5) is 11.4 Å². The minimum Gasteiger partial charge on any atom is -0.281 e. The second kappa shape index (κ2) is 17.8. The molecule has 8 nitrogen and oxygen atoms in total. The van der Waals surface area contributed by atoms with Crippen molar-refractivity contribution in [3.8, 4) is 0 Å². The van der Waals surface area contributed by atoms with Gasteiger partial charge in [-0.25, -0.2) is 0 Å². The molecule has 1 aromatic heterocycles.